The number of nitriles is 1. The topological polar surface area (TPSA) is 62.0 Å². The number of hydrogen-bond acceptors (Lipinski definition) is 5. The fourth-order valence-corrected chi connectivity index (χ4v) is 2.85. The summed E-state index contributed by atoms with van der Waals surface area (Å²) < 4.78 is 5.76. The lowest BCUT2D eigenvalue weighted by Crippen LogP contribution is -2.35. The summed E-state index contributed by atoms with van der Waals surface area (Å²) in [4.78, 5) is 10.8. The van der Waals surface area contributed by atoms with Crippen LogP contribution in [0.3, 0.4) is 0 Å². The van der Waals surface area contributed by atoms with Crippen molar-refractivity contribution in [3.8, 4) is 11.9 Å². The van der Waals surface area contributed by atoms with Crippen LogP contribution in [0.25, 0.3) is 0 Å². The number of nitrogens with zero attached hydrogens (tertiary/aromatic N) is 4. The van der Waals surface area contributed by atoms with E-state index in [2.05, 4.69) is 27.0 Å². The van der Waals surface area contributed by atoms with Crippen LogP contribution in [0.5, 0.6) is 5.88 Å². The quantitative estimate of drug-likeness (QED) is 0.849. The normalized spacial score (nSPS) is 16.0. The summed E-state index contributed by atoms with van der Waals surface area (Å²) in [5.74, 6) is 0.974. The van der Waals surface area contributed by atoms with E-state index in [0.717, 1.165) is 32.5 Å². The maximum Gasteiger partial charge on any atom is 0.231 e. The maximum absolute atomic E-state index is 9.05. The first-order valence-corrected chi connectivity index (χ1v) is 7.94. The predicted molar refractivity (Wildman–Crippen MR) is 86.7 cm³/mol. The minimum absolute atomic E-state index is 0.452. The molecule has 0 aromatic carbocycles. The molecule has 2 aromatic heterocycles. The van der Waals surface area contributed by atoms with Gasteiger partial charge in [0.25, 0.3) is 0 Å². The maximum atomic E-state index is 9.05. The van der Waals surface area contributed by atoms with Crippen molar-refractivity contribution in [3.63, 3.8) is 0 Å². The van der Waals surface area contributed by atoms with E-state index in [1.54, 1.807) is 24.5 Å². The van der Waals surface area contributed by atoms with E-state index in [-0.39, 0.29) is 0 Å². The minimum atomic E-state index is 0.452. The Balaban J connectivity index is 1.45. The van der Waals surface area contributed by atoms with Gasteiger partial charge in [-0.2, -0.15) is 5.26 Å². The molecule has 1 aliphatic rings. The van der Waals surface area contributed by atoms with Crippen LogP contribution in [0.1, 0.15) is 24.0 Å². The van der Waals surface area contributed by atoms with Gasteiger partial charge < -0.3 is 4.74 Å². The van der Waals surface area contributed by atoms with E-state index in [0.29, 0.717) is 24.0 Å². The molecular weight excluding hydrogens is 288 g/mol. The van der Waals surface area contributed by atoms with Gasteiger partial charge in [0.1, 0.15) is 11.6 Å². The second-order valence-corrected chi connectivity index (χ2v) is 5.86. The van der Waals surface area contributed by atoms with Crippen molar-refractivity contribution in [2.45, 2.75) is 19.4 Å². The van der Waals surface area contributed by atoms with Crippen LogP contribution >= 0.6 is 0 Å². The number of piperidine rings is 1. The molecule has 0 unspecified atom stereocenters. The summed E-state index contributed by atoms with van der Waals surface area (Å²) in [7, 11) is 0. The summed E-state index contributed by atoms with van der Waals surface area (Å²) in [5.41, 5.74) is 1.76. The van der Waals surface area contributed by atoms with Crippen LogP contribution in [-0.4, -0.2) is 34.6 Å². The van der Waals surface area contributed by atoms with E-state index >= 15 is 0 Å². The second-order valence-electron chi connectivity index (χ2n) is 5.86. The van der Waals surface area contributed by atoms with Crippen LogP contribution < -0.4 is 4.74 Å². The monoisotopic (exact) mass is 308 g/mol. The summed E-state index contributed by atoms with van der Waals surface area (Å²) in [6.07, 6.45) is 7.61. The van der Waals surface area contributed by atoms with E-state index in [1.165, 1.54) is 5.56 Å². The zero-order valence-electron chi connectivity index (χ0n) is 13.1. The second kappa shape index (κ2) is 7.70. The van der Waals surface area contributed by atoms with Gasteiger partial charge in [0.2, 0.25) is 5.88 Å². The Kier molecular flexibility index (Phi) is 5.17. The van der Waals surface area contributed by atoms with E-state index in [9.17, 15) is 0 Å². The van der Waals surface area contributed by atoms with Gasteiger partial charge in [0, 0.05) is 25.1 Å². The highest BCUT2D eigenvalue weighted by atomic mass is 16.5. The minimum Gasteiger partial charge on any atom is -0.476 e. The molecule has 0 atom stereocenters. The number of aromatic nitrogens is 2. The first-order valence-electron chi connectivity index (χ1n) is 7.94. The molecule has 0 aliphatic carbocycles. The SMILES string of the molecule is N#Cc1cccnc1OCC1CCN(Cc2cccnc2)CC1. The molecule has 5 nitrogen and oxygen atoms in total. The summed E-state index contributed by atoms with van der Waals surface area (Å²) in [6.45, 7) is 3.72. The third-order valence-corrected chi connectivity index (χ3v) is 4.18. The van der Waals surface area contributed by atoms with E-state index in [1.807, 2.05) is 12.3 Å². The smallest absolute Gasteiger partial charge is 0.231 e. The first kappa shape index (κ1) is 15.4. The van der Waals surface area contributed by atoms with Gasteiger partial charge in [0.15, 0.2) is 0 Å². The molecular formula is C18H20N4O. The molecule has 3 rings (SSSR count). The lowest BCUT2D eigenvalue weighted by Gasteiger charge is -2.31. The Hall–Kier alpha value is -2.45. The van der Waals surface area contributed by atoms with Gasteiger partial charge in [0.05, 0.1) is 6.61 Å². The highest BCUT2D eigenvalue weighted by Gasteiger charge is 2.20. The van der Waals surface area contributed by atoms with Gasteiger partial charge in [-0.05, 0) is 55.6 Å². The zero-order valence-corrected chi connectivity index (χ0v) is 13.1. The molecule has 0 amide bonds. The predicted octanol–water partition coefficient (Wildman–Crippen LogP) is 2.64. The van der Waals surface area contributed by atoms with Crippen LogP contribution in [0.2, 0.25) is 0 Å². The van der Waals surface area contributed by atoms with Crippen LogP contribution in [0.15, 0.2) is 42.9 Å². The molecule has 0 bridgehead atoms. The Labute approximate surface area is 136 Å². The molecule has 0 saturated carbocycles. The lowest BCUT2D eigenvalue weighted by molar-refractivity contribution is 0.134. The number of hydrogen-bond donors (Lipinski definition) is 0. The Morgan fingerprint density at radius 1 is 1.22 bits per heavy atom. The average Bonchev–Trinajstić information content (AvgIpc) is 2.62. The molecule has 0 spiro atoms. The van der Waals surface area contributed by atoms with Crippen LogP contribution in [0.4, 0.5) is 0 Å². The van der Waals surface area contributed by atoms with E-state index in [4.69, 9.17) is 10.00 Å². The highest BCUT2D eigenvalue weighted by Crippen LogP contribution is 2.21. The van der Waals surface area contributed by atoms with Gasteiger partial charge in [-0.25, -0.2) is 4.98 Å². The van der Waals surface area contributed by atoms with Crippen LogP contribution in [-0.2, 0) is 6.54 Å². The van der Waals surface area contributed by atoms with Gasteiger partial charge in [-0.15, -0.1) is 0 Å². The van der Waals surface area contributed by atoms with Crippen LogP contribution in [0, 0.1) is 17.2 Å². The molecule has 1 fully saturated rings. The summed E-state index contributed by atoms with van der Waals surface area (Å²) >= 11 is 0. The standard InChI is InChI=1S/C18H20N4O/c19-11-17-4-2-8-21-18(17)23-14-15-5-9-22(10-6-15)13-16-3-1-7-20-12-16/h1-4,7-8,12,15H,5-6,9-10,13-14H2. The van der Waals surface area contributed by atoms with Crippen molar-refractivity contribution >= 4 is 0 Å². The molecule has 2 aromatic rings. The Morgan fingerprint density at radius 3 is 2.78 bits per heavy atom. The molecule has 1 saturated heterocycles. The van der Waals surface area contributed by atoms with Crippen molar-refractivity contribution in [1.82, 2.24) is 14.9 Å². The molecule has 118 valence electrons. The number of likely N-dealkylation sites (tertiary alicyclic amines) is 1. The molecule has 1 aliphatic heterocycles. The third-order valence-electron chi connectivity index (χ3n) is 4.18. The largest absolute Gasteiger partial charge is 0.476 e. The molecule has 3 heterocycles. The van der Waals surface area contributed by atoms with Crippen molar-refractivity contribution < 1.29 is 4.74 Å². The summed E-state index contributed by atoms with van der Waals surface area (Å²) in [6, 6.07) is 9.70. The molecule has 0 N–H and O–H groups in total. The molecule has 23 heavy (non-hydrogen) atoms. The van der Waals surface area contributed by atoms with Gasteiger partial charge in [-0.3, -0.25) is 9.88 Å². The van der Waals surface area contributed by atoms with Crippen molar-refractivity contribution in [3.05, 3.63) is 54.0 Å². The molecule has 5 heteroatoms. The average molecular weight is 308 g/mol. The highest BCUT2D eigenvalue weighted by molar-refractivity contribution is 5.36. The van der Waals surface area contributed by atoms with Crippen molar-refractivity contribution in [2.75, 3.05) is 19.7 Å². The Morgan fingerprint density at radius 2 is 2.04 bits per heavy atom. The number of pyridine rings is 2. The lowest BCUT2D eigenvalue weighted by atomic mass is 9.97. The van der Waals surface area contributed by atoms with Gasteiger partial charge in [-0.1, -0.05) is 6.07 Å². The zero-order chi connectivity index (χ0) is 15.9. The number of ether oxygens (including phenoxy) is 1. The summed E-state index contributed by atoms with van der Waals surface area (Å²) in [5, 5.41) is 9.05. The van der Waals surface area contributed by atoms with Gasteiger partial charge >= 0.3 is 0 Å². The Bertz CT molecular complexity index is 660. The fraction of sp³-hybridized carbons (Fsp3) is 0.389. The van der Waals surface area contributed by atoms with Crippen molar-refractivity contribution in [2.24, 2.45) is 5.92 Å². The van der Waals surface area contributed by atoms with Crippen molar-refractivity contribution in [1.29, 1.82) is 5.26 Å². The third kappa shape index (κ3) is 4.27. The number of rotatable bonds is 5. The van der Waals surface area contributed by atoms with E-state index < -0.39 is 0 Å². The first-order chi connectivity index (χ1) is 11.3. The fourth-order valence-electron chi connectivity index (χ4n) is 2.85. The molecule has 0 radical (unpaired) electrons.